The Morgan fingerprint density at radius 3 is 2.28 bits per heavy atom. The van der Waals surface area contributed by atoms with Crippen LogP contribution in [0.15, 0.2) is 48.5 Å². The van der Waals surface area contributed by atoms with Gasteiger partial charge in [-0.2, -0.15) is 5.26 Å². The molecule has 0 aliphatic carbocycles. The van der Waals surface area contributed by atoms with Gasteiger partial charge in [0, 0.05) is 13.6 Å². The quantitative estimate of drug-likeness (QED) is 0.507. The molecule has 0 saturated carbocycles. The molecule has 8 nitrogen and oxygen atoms in total. The topological polar surface area (TPSA) is 125 Å². The van der Waals surface area contributed by atoms with Crippen LogP contribution >= 0.6 is 0 Å². The fourth-order valence-electron chi connectivity index (χ4n) is 4.18. The zero-order chi connectivity index (χ0) is 26.6. The maximum Gasteiger partial charge on any atom is 0.251 e. The Bertz CT molecular complexity index is 1270. The molecule has 1 heterocycles. The number of sulfone groups is 1. The fraction of sp³-hybridized carbons (Fsp3) is 0.423. The molecule has 10 heteroatoms. The number of amides is 2. The second-order valence-electron chi connectivity index (χ2n) is 10.4. The van der Waals surface area contributed by atoms with Crippen LogP contribution in [0.3, 0.4) is 0 Å². The van der Waals surface area contributed by atoms with E-state index in [2.05, 4.69) is 36.3 Å². The second-order valence-corrected chi connectivity index (χ2v) is 18.3. The molecule has 3 rings (SSSR count). The molecule has 2 aromatic rings. The first-order valence-corrected chi connectivity index (χ1v) is 17.4. The van der Waals surface area contributed by atoms with E-state index in [9.17, 15) is 23.3 Å². The molecule has 1 atom stereocenters. The molecule has 2 N–H and O–H groups in total. The summed E-state index contributed by atoms with van der Waals surface area (Å²) in [6.07, 6.45) is 0.0710. The molecule has 1 aliphatic heterocycles. The number of nitrogens with one attached hydrogen (secondary N) is 2. The lowest BCUT2D eigenvalue weighted by Crippen LogP contribution is -2.58. The number of carbonyl (C=O) groups excluding carboxylic acids is 2. The lowest BCUT2D eigenvalue weighted by molar-refractivity contribution is -0.124. The Balaban J connectivity index is 1.81. The van der Waals surface area contributed by atoms with E-state index >= 15 is 0 Å². The van der Waals surface area contributed by atoms with Crippen molar-refractivity contribution >= 4 is 29.7 Å². The van der Waals surface area contributed by atoms with Crippen molar-refractivity contribution in [1.82, 2.24) is 10.6 Å². The summed E-state index contributed by atoms with van der Waals surface area (Å²) in [5, 5.41) is 15.4. The summed E-state index contributed by atoms with van der Waals surface area (Å²) < 4.78 is 29.0. The van der Waals surface area contributed by atoms with Gasteiger partial charge in [-0.05, 0) is 54.3 Å². The number of hydrogen-bond donors (Lipinski definition) is 2. The Hall–Kier alpha value is -3.16. The van der Waals surface area contributed by atoms with Gasteiger partial charge >= 0.3 is 0 Å². The standard InChI is InChI=1S/C26H33N3O5SSi/c1-34-22-10-6-8-20(16-22)19-7-5-9-21(15-19)24(30)28-23(17-36(2,3)4)25(31)29-26(18-27)11-13-35(32,33)14-12-26/h5-10,15-16,23H,11-14,17H2,1-4H3,(H,28,30)(H,29,31). The first-order valence-electron chi connectivity index (χ1n) is 11.8. The molecule has 192 valence electrons. The van der Waals surface area contributed by atoms with E-state index in [1.165, 1.54) is 0 Å². The average molecular weight is 528 g/mol. The maximum atomic E-state index is 13.3. The first-order chi connectivity index (χ1) is 16.9. The molecule has 1 aliphatic rings. The van der Waals surface area contributed by atoms with E-state index in [1.807, 2.05) is 30.3 Å². The third-order valence-electron chi connectivity index (χ3n) is 6.22. The predicted octanol–water partition coefficient (Wildman–Crippen LogP) is 3.39. The molecular weight excluding hydrogens is 494 g/mol. The van der Waals surface area contributed by atoms with Crippen molar-refractivity contribution in [2.24, 2.45) is 0 Å². The first kappa shape index (κ1) is 27.4. The average Bonchev–Trinajstić information content (AvgIpc) is 2.84. The summed E-state index contributed by atoms with van der Waals surface area (Å²) in [7, 11) is -3.43. The fourth-order valence-corrected chi connectivity index (χ4v) is 7.22. The Labute approximate surface area is 214 Å². The van der Waals surface area contributed by atoms with Crippen LogP contribution in [0, 0.1) is 11.3 Å². The van der Waals surface area contributed by atoms with E-state index in [-0.39, 0.29) is 24.3 Å². The van der Waals surface area contributed by atoms with Crippen molar-refractivity contribution in [2.75, 3.05) is 18.6 Å². The molecular formula is C26H33N3O5SSi. The number of rotatable bonds is 8. The van der Waals surface area contributed by atoms with Crippen LogP contribution in [0.4, 0.5) is 0 Å². The van der Waals surface area contributed by atoms with Crippen molar-refractivity contribution in [3.8, 4) is 22.9 Å². The molecule has 36 heavy (non-hydrogen) atoms. The third-order valence-corrected chi connectivity index (χ3v) is 9.51. The van der Waals surface area contributed by atoms with Crippen molar-refractivity contribution < 1.29 is 22.7 Å². The zero-order valence-corrected chi connectivity index (χ0v) is 22.9. The minimum absolute atomic E-state index is 0.0355. The molecule has 1 unspecified atom stereocenters. The summed E-state index contributed by atoms with van der Waals surface area (Å²) >= 11 is 0. The highest BCUT2D eigenvalue weighted by Crippen LogP contribution is 2.26. The molecule has 1 saturated heterocycles. The number of carbonyl (C=O) groups is 2. The minimum Gasteiger partial charge on any atom is -0.497 e. The van der Waals surface area contributed by atoms with Gasteiger partial charge in [-0.25, -0.2) is 8.42 Å². The van der Waals surface area contributed by atoms with Crippen molar-refractivity contribution in [3.63, 3.8) is 0 Å². The highest BCUT2D eigenvalue weighted by Gasteiger charge is 2.41. The number of ether oxygens (including phenoxy) is 1. The highest BCUT2D eigenvalue weighted by molar-refractivity contribution is 7.91. The van der Waals surface area contributed by atoms with Crippen LogP contribution in [-0.2, 0) is 14.6 Å². The van der Waals surface area contributed by atoms with Crippen LogP contribution in [0.2, 0.25) is 25.7 Å². The lowest BCUT2D eigenvalue weighted by Gasteiger charge is -2.34. The SMILES string of the molecule is COc1cccc(-c2cccc(C(=O)NC(C[Si](C)(C)C)C(=O)NC3(C#N)CCS(=O)(=O)CC3)c2)c1. The predicted molar refractivity (Wildman–Crippen MR) is 142 cm³/mol. The van der Waals surface area contributed by atoms with Gasteiger partial charge in [-0.1, -0.05) is 43.9 Å². The number of hydrogen-bond acceptors (Lipinski definition) is 6. The van der Waals surface area contributed by atoms with Crippen LogP contribution in [0.1, 0.15) is 23.2 Å². The van der Waals surface area contributed by atoms with Gasteiger partial charge in [0.25, 0.3) is 5.91 Å². The van der Waals surface area contributed by atoms with Gasteiger partial charge in [-0.3, -0.25) is 9.59 Å². The van der Waals surface area contributed by atoms with Gasteiger partial charge in [0.05, 0.1) is 24.7 Å². The van der Waals surface area contributed by atoms with Gasteiger partial charge in [-0.15, -0.1) is 0 Å². The largest absolute Gasteiger partial charge is 0.497 e. The number of nitriles is 1. The van der Waals surface area contributed by atoms with Crippen LogP contribution in [0.25, 0.3) is 11.1 Å². The third kappa shape index (κ3) is 7.18. The molecule has 0 radical (unpaired) electrons. The highest BCUT2D eigenvalue weighted by atomic mass is 32.2. The van der Waals surface area contributed by atoms with Gasteiger partial charge < -0.3 is 15.4 Å². The smallest absolute Gasteiger partial charge is 0.251 e. The molecule has 2 aromatic carbocycles. The van der Waals surface area contributed by atoms with Crippen molar-refractivity contribution in [2.45, 2.75) is 50.1 Å². The lowest BCUT2D eigenvalue weighted by atomic mass is 9.93. The van der Waals surface area contributed by atoms with E-state index in [1.54, 1.807) is 25.3 Å². The van der Waals surface area contributed by atoms with Crippen LogP contribution in [-0.4, -0.2) is 58.5 Å². The van der Waals surface area contributed by atoms with Crippen molar-refractivity contribution in [1.29, 1.82) is 5.26 Å². The summed E-state index contributed by atoms with van der Waals surface area (Å²) in [5.74, 6) is -0.451. The summed E-state index contributed by atoms with van der Waals surface area (Å²) in [6.45, 7) is 6.28. The van der Waals surface area contributed by atoms with E-state index in [0.29, 0.717) is 17.4 Å². The second kappa shape index (κ2) is 10.8. The molecule has 0 spiro atoms. The Kier molecular flexibility index (Phi) is 8.26. The number of methoxy groups -OCH3 is 1. The molecule has 1 fully saturated rings. The summed E-state index contributed by atoms with van der Waals surface area (Å²) in [6, 6.07) is 16.4. The normalized spacial score (nSPS) is 17.3. The summed E-state index contributed by atoms with van der Waals surface area (Å²) in [4.78, 5) is 26.6. The van der Waals surface area contributed by atoms with Crippen LogP contribution < -0.4 is 15.4 Å². The van der Waals surface area contributed by atoms with Gasteiger partial charge in [0.2, 0.25) is 5.91 Å². The molecule has 0 aromatic heterocycles. The maximum absolute atomic E-state index is 13.3. The van der Waals surface area contributed by atoms with Gasteiger partial charge in [0.15, 0.2) is 9.84 Å². The molecule has 0 bridgehead atoms. The minimum atomic E-state index is -3.21. The monoisotopic (exact) mass is 527 g/mol. The summed E-state index contributed by atoms with van der Waals surface area (Å²) in [5.41, 5.74) is 0.877. The van der Waals surface area contributed by atoms with Crippen LogP contribution in [0.5, 0.6) is 5.75 Å². The number of nitrogens with zero attached hydrogens (tertiary/aromatic N) is 1. The Morgan fingerprint density at radius 1 is 1.08 bits per heavy atom. The van der Waals surface area contributed by atoms with Gasteiger partial charge in [0.1, 0.15) is 17.3 Å². The number of benzene rings is 2. The van der Waals surface area contributed by atoms with E-state index < -0.39 is 41.3 Å². The zero-order valence-electron chi connectivity index (χ0n) is 21.1. The van der Waals surface area contributed by atoms with E-state index in [4.69, 9.17) is 4.74 Å². The molecule has 2 amide bonds. The Morgan fingerprint density at radius 2 is 1.69 bits per heavy atom. The van der Waals surface area contributed by atoms with E-state index in [0.717, 1.165) is 11.1 Å². The van der Waals surface area contributed by atoms with Crippen molar-refractivity contribution in [3.05, 3.63) is 54.1 Å².